The van der Waals surface area contributed by atoms with E-state index in [4.69, 9.17) is 23.7 Å². The van der Waals surface area contributed by atoms with Crippen LogP contribution in [0.2, 0.25) is 0 Å². The molecule has 0 radical (unpaired) electrons. The first-order chi connectivity index (χ1) is 13.7. The van der Waals surface area contributed by atoms with Gasteiger partial charge in [-0.3, -0.25) is 0 Å². The highest BCUT2D eigenvalue weighted by molar-refractivity contribution is 4.93. The molecule has 6 heteroatoms. The van der Waals surface area contributed by atoms with Gasteiger partial charge in [0.05, 0.1) is 6.61 Å². The maximum atomic E-state index is 9.94. The van der Waals surface area contributed by atoms with Gasteiger partial charge in [0.25, 0.3) is 0 Å². The van der Waals surface area contributed by atoms with Crippen LogP contribution in [-0.4, -0.2) is 68.8 Å². The van der Waals surface area contributed by atoms with Gasteiger partial charge >= 0.3 is 0 Å². The molecule has 1 aliphatic heterocycles. The molecular weight excluding hydrogens is 360 g/mol. The van der Waals surface area contributed by atoms with Gasteiger partial charge in [0.2, 0.25) is 0 Å². The van der Waals surface area contributed by atoms with Gasteiger partial charge in [-0.2, -0.15) is 0 Å². The minimum atomic E-state index is -0.543. The number of aliphatic hydroxyl groups excluding tert-OH is 1. The summed E-state index contributed by atoms with van der Waals surface area (Å²) in [6, 6.07) is 0. The Morgan fingerprint density at radius 1 is 0.607 bits per heavy atom. The zero-order valence-electron chi connectivity index (χ0n) is 18.6. The molecule has 0 aliphatic carbocycles. The van der Waals surface area contributed by atoms with E-state index in [0.717, 1.165) is 51.4 Å². The molecule has 1 N–H and O–H groups in total. The second-order valence-electron chi connectivity index (χ2n) is 7.52. The molecule has 1 heterocycles. The number of aliphatic hydroxyl groups is 1. The molecule has 0 aromatic heterocycles. The van der Waals surface area contributed by atoms with E-state index in [9.17, 15) is 5.11 Å². The van der Waals surface area contributed by atoms with E-state index in [1.54, 1.807) is 0 Å². The predicted molar refractivity (Wildman–Crippen MR) is 111 cm³/mol. The molecule has 1 saturated heterocycles. The van der Waals surface area contributed by atoms with Crippen molar-refractivity contribution in [3.63, 3.8) is 0 Å². The first-order valence-electron chi connectivity index (χ1n) is 11.5. The molecule has 0 amide bonds. The Hall–Kier alpha value is -0.240. The van der Waals surface area contributed by atoms with Crippen LogP contribution in [0, 0.1) is 0 Å². The Morgan fingerprint density at radius 3 is 1.50 bits per heavy atom. The maximum absolute atomic E-state index is 9.94. The number of ether oxygens (including phenoxy) is 5. The molecule has 0 spiro atoms. The lowest BCUT2D eigenvalue weighted by atomic mass is 9.98. The van der Waals surface area contributed by atoms with Gasteiger partial charge < -0.3 is 28.8 Å². The average Bonchev–Trinajstić information content (AvgIpc) is 2.70. The van der Waals surface area contributed by atoms with E-state index in [1.165, 1.54) is 0 Å². The SMILES string of the molecule is CCCCOC1[C@H](OCCCC)OC(CO)[C@@H](OCCCC)[C@@H]1OCCCC. The molecule has 5 atom stereocenters. The van der Waals surface area contributed by atoms with E-state index in [1.807, 2.05) is 0 Å². The number of hydrogen-bond donors (Lipinski definition) is 1. The van der Waals surface area contributed by atoms with Crippen molar-refractivity contribution in [3.8, 4) is 0 Å². The number of unbranched alkanes of at least 4 members (excludes halogenated alkanes) is 4. The fourth-order valence-corrected chi connectivity index (χ4v) is 3.16. The third kappa shape index (κ3) is 9.06. The molecule has 1 aliphatic rings. The highest BCUT2D eigenvalue weighted by Crippen LogP contribution is 2.29. The number of hydrogen-bond acceptors (Lipinski definition) is 6. The van der Waals surface area contributed by atoms with Crippen LogP contribution in [0.25, 0.3) is 0 Å². The monoisotopic (exact) mass is 404 g/mol. The van der Waals surface area contributed by atoms with Crippen molar-refractivity contribution < 1.29 is 28.8 Å². The quantitative estimate of drug-likeness (QED) is 0.369. The molecule has 1 rings (SSSR count). The fourth-order valence-electron chi connectivity index (χ4n) is 3.16. The van der Waals surface area contributed by atoms with Gasteiger partial charge in [-0.1, -0.05) is 53.4 Å². The van der Waals surface area contributed by atoms with E-state index in [2.05, 4.69) is 27.7 Å². The van der Waals surface area contributed by atoms with Crippen molar-refractivity contribution in [2.24, 2.45) is 0 Å². The zero-order valence-corrected chi connectivity index (χ0v) is 18.6. The van der Waals surface area contributed by atoms with E-state index in [-0.39, 0.29) is 24.9 Å². The Morgan fingerprint density at radius 2 is 1.04 bits per heavy atom. The van der Waals surface area contributed by atoms with Crippen LogP contribution in [0.15, 0.2) is 0 Å². The topological polar surface area (TPSA) is 66.4 Å². The van der Waals surface area contributed by atoms with E-state index >= 15 is 0 Å². The lowest BCUT2D eigenvalue weighted by molar-refractivity contribution is -0.322. The third-order valence-corrected chi connectivity index (χ3v) is 4.98. The highest BCUT2D eigenvalue weighted by atomic mass is 16.7. The molecule has 0 bridgehead atoms. The predicted octanol–water partition coefficient (Wildman–Crippen LogP) is 4.08. The van der Waals surface area contributed by atoms with E-state index in [0.29, 0.717) is 26.4 Å². The van der Waals surface area contributed by atoms with Crippen molar-refractivity contribution in [2.45, 2.75) is 110 Å². The molecular formula is C22H44O6. The maximum Gasteiger partial charge on any atom is 0.186 e. The molecule has 0 aromatic carbocycles. The van der Waals surface area contributed by atoms with Crippen LogP contribution in [0.1, 0.15) is 79.1 Å². The summed E-state index contributed by atoms with van der Waals surface area (Å²) in [6.07, 6.45) is 6.08. The first kappa shape index (κ1) is 25.8. The van der Waals surface area contributed by atoms with Gasteiger partial charge in [0, 0.05) is 26.4 Å². The Bertz CT molecular complexity index is 354. The summed E-state index contributed by atoms with van der Waals surface area (Å²) in [7, 11) is 0. The highest BCUT2D eigenvalue weighted by Gasteiger charge is 2.48. The normalized spacial score (nSPS) is 28.0. The summed E-state index contributed by atoms with van der Waals surface area (Å²) < 4.78 is 30.7. The summed E-state index contributed by atoms with van der Waals surface area (Å²) in [5.74, 6) is 0. The molecule has 0 saturated carbocycles. The summed E-state index contributed by atoms with van der Waals surface area (Å²) in [5, 5.41) is 9.94. The van der Waals surface area contributed by atoms with Gasteiger partial charge in [-0.05, 0) is 25.7 Å². The number of rotatable bonds is 17. The van der Waals surface area contributed by atoms with Gasteiger partial charge in [0.15, 0.2) is 6.29 Å². The van der Waals surface area contributed by atoms with Gasteiger partial charge in [-0.25, -0.2) is 0 Å². The third-order valence-electron chi connectivity index (χ3n) is 4.98. The van der Waals surface area contributed by atoms with Crippen molar-refractivity contribution in [1.29, 1.82) is 0 Å². The van der Waals surface area contributed by atoms with Crippen LogP contribution in [-0.2, 0) is 23.7 Å². The van der Waals surface area contributed by atoms with Crippen LogP contribution in [0.5, 0.6) is 0 Å². The van der Waals surface area contributed by atoms with Gasteiger partial charge in [-0.15, -0.1) is 0 Å². The largest absolute Gasteiger partial charge is 0.394 e. The van der Waals surface area contributed by atoms with Crippen LogP contribution < -0.4 is 0 Å². The van der Waals surface area contributed by atoms with Crippen LogP contribution >= 0.6 is 0 Å². The second-order valence-corrected chi connectivity index (χ2v) is 7.52. The standard InChI is InChI=1S/C22H44O6/c1-5-9-13-24-19-18(17-23)28-22(27-16-12-8-4)21(26-15-11-7-3)20(19)25-14-10-6-2/h18-23H,5-17H2,1-4H3/t18?,19-,20+,21?,22-/m1/s1. The lowest BCUT2D eigenvalue weighted by Crippen LogP contribution is -2.62. The van der Waals surface area contributed by atoms with Crippen molar-refractivity contribution >= 4 is 0 Å². The molecule has 0 aromatic rings. The Labute approximate surface area is 172 Å². The minimum absolute atomic E-state index is 0.125. The molecule has 6 nitrogen and oxygen atoms in total. The Balaban J connectivity index is 2.94. The van der Waals surface area contributed by atoms with Crippen molar-refractivity contribution in [2.75, 3.05) is 33.0 Å². The van der Waals surface area contributed by atoms with Crippen LogP contribution in [0.4, 0.5) is 0 Å². The summed E-state index contributed by atoms with van der Waals surface area (Å²) in [4.78, 5) is 0. The summed E-state index contributed by atoms with van der Waals surface area (Å²) in [6.45, 7) is 10.9. The second kappa shape index (κ2) is 16.5. The van der Waals surface area contributed by atoms with Gasteiger partial charge in [0.1, 0.15) is 24.4 Å². The van der Waals surface area contributed by atoms with E-state index < -0.39 is 12.4 Å². The average molecular weight is 405 g/mol. The summed E-state index contributed by atoms with van der Waals surface area (Å²) >= 11 is 0. The minimum Gasteiger partial charge on any atom is -0.394 e. The lowest BCUT2D eigenvalue weighted by Gasteiger charge is -2.45. The zero-order chi connectivity index (χ0) is 20.6. The summed E-state index contributed by atoms with van der Waals surface area (Å²) in [5.41, 5.74) is 0. The van der Waals surface area contributed by atoms with Crippen molar-refractivity contribution in [3.05, 3.63) is 0 Å². The molecule has 28 heavy (non-hydrogen) atoms. The fraction of sp³-hybridized carbons (Fsp3) is 1.00. The first-order valence-corrected chi connectivity index (χ1v) is 11.5. The smallest absolute Gasteiger partial charge is 0.186 e. The molecule has 1 fully saturated rings. The van der Waals surface area contributed by atoms with Crippen molar-refractivity contribution in [1.82, 2.24) is 0 Å². The Kier molecular flexibility index (Phi) is 15.2. The molecule has 168 valence electrons. The molecule has 2 unspecified atom stereocenters. The van der Waals surface area contributed by atoms with Crippen LogP contribution in [0.3, 0.4) is 0 Å².